The lowest BCUT2D eigenvalue weighted by molar-refractivity contribution is 0.0370. The molecule has 92 valence electrons. The Balaban J connectivity index is 3.76. The van der Waals surface area contributed by atoms with Gasteiger partial charge in [-0.05, 0) is 25.9 Å². The average Bonchev–Trinajstić information content (AvgIpc) is 2.22. The van der Waals surface area contributed by atoms with E-state index in [0.29, 0.717) is 6.61 Å². The lowest BCUT2D eigenvalue weighted by atomic mass is 10.2. The maximum absolute atomic E-state index is 9.65. The maximum Gasteiger partial charge on any atom is 0.0900 e. The Kier molecular flexibility index (Phi) is 10.3. The highest BCUT2D eigenvalue weighted by Gasteiger charge is 2.10. The van der Waals surface area contributed by atoms with Gasteiger partial charge in [0.2, 0.25) is 0 Å². The van der Waals surface area contributed by atoms with Crippen LogP contribution in [0, 0.1) is 0 Å². The second-order valence-corrected chi connectivity index (χ2v) is 4.12. The van der Waals surface area contributed by atoms with E-state index in [4.69, 9.17) is 4.74 Å². The highest BCUT2D eigenvalue weighted by Crippen LogP contribution is 2.01. The third kappa shape index (κ3) is 8.85. The minimum absolute atomic E-state index is 0.344. The zero-order valence-electron chi connectivity index (χ0n) is 10.5. The summed E-state index contributed by atoms with van der Waals surface area (Å²) in [4.78, 5) is 2.34. The summed E-state index contributed by atoms with van der Waals surface area (Å²) in [5.41, 5.74) is 0. The number of rotatable bonds is 10. The molecule has 0 unspecified atom stereocenters. The van der Waals surface area contributed by atoms with Crippen LogP contribution in [0.15, 0.2) is 0 Å². The Morgan fingerprint density at radius 3 is 2.07 bits per heavy atom. The summed E-state index contributed by atoms with van der Waals surface area (Å²) in [5, 5.41) is 9.65. The Hall–Kier alpha value is -0.120. The van der Waals surface area contributed by atoms with Gasteiger partial charge in [-0.15, -0.1) is 0 Å². The van der Waals surface area contributed by atoms with Gasteiger partial charge in [-0.1, -0.05) is 26.7 Å². The van der Waals surface area contributed by atoms with Crippen LogP contribution in [0.25, 0.3) is 0 Å². The first-order valence-electron chi connectivity index (χ1n) is 6.13. The van der Waals surface area contributed by atoms with Crippen molar-refractivity contribution < 1.29 is 9.84 Å². The Morgan fingerprint density at radius 2 is 1.67 bits per heavy atom. The van der Waals surface area contributed by atoms with Crippen LogP contribution < -0.4 is 0 Å². The number of ether oxygens (including phenoxy) is 1. The topological polar surface area (TPSA) is 32.7 Å². The highest BCUT2D eigenvalue weighted by atomic mass is 16.5. The van der Waals surface area contributed by atoms with Gasteiger partial charge in [0, 0.05) is 13.7 Å². The van der Waals surface area contributed by atoms with E-state index < -0.39 is 0 Å². The van der Waals surface area contributed by atoms with Crippen molar-refractivity contribution in [3.8, 4) is 0 Å². The number of unbranched alkanes of at least 4 members (excludes halogenated alkanes) is 2. The van der Waals surface area contributed by atoms with Gasteiger partial charge in [-0.25, -0.2) is 0 Å². The Morgan fingerprint density at radius 1 is 1.13 bits per heavy atom. The van der Waals surface area contributed by atoms with Crippen molar-refractivity contribution in [2.75, 3.05) is 33.4 Å². The van der Waals surface area contributed by atoms with E-state index in [2.05, 4.69) is 18.7 Å². The number of nitrogens with zero attached hydrogens (tertiary/aromatic N) is 1. The van der Waals surface area contributed by atoms with Crippen LogP contribution in [0.4, 0.5) is 0 Å². The van der Waals surface area contributed by atoms with Crippen molar-refractivity contribution >= 4 is 0 Å². The summed E-state index contributed by atoms with van der Waals surface area (Å²) in [6.07, 6.45) is 4.50. The largest absolute Gasteiger partial charge is 0.389 e. The van der Waals surface area contributed by atoms with Gasteiger partial charge in [0.1, 0.15) is 0 Å². The van der Waals surface area contributed by atoms with Crippen molar-refractivity contribution in [3.63, 3.8) is 0 Å². The van der Waals surface area contributed by atoms with Gasteiger partial charge < -0.3 is 14.7 Å². The molecule has 15 heavy (non-hydrogen) atoms. The number of methoxy groups -OCH3 is 1. The van der Waals surface area contributed by atoms with Crippen LogP contribution in [0.3, 0.4) is 0 Å². The molecule has 1 N–H and O–H groups in total. The van der Waals surface area contributed by atoms with Crippen molar-refractivity contribution in [2.24, 2.45) is 0 Å². The zero-order valence-corrected chi connectivity index (χ0v) is 10.5. The third-order valence-electron chi connectivity index (χ3n) is 2.48. The molecule has 0 spiro atoms. The molecule has 0 aromatic carbocycles. The first kappa shape index (κ1) is 14.9. The summed E-state index contributed by atoms with van der Waals surface area (Å²) >= 11 is 0. The van der Waals surface area contributed by atoms with E-state index in [1.165, 1.54) is 25.7 Å². The molecule has 3 nitrogen and oxygen atoms in total. The molecule has 0 bridgehead atoms. The molecule has 0 aliphatic heterocycles. The minimum Gasteiger partial charge on any atom is -0.389 e. The molecular weight excluding hydrogens is 190 g/mol. The molecule has 0 heterocycles. The lowest BCUT2D eigenvalue weighted by Gasteiger charge is -2.24. The van der Waals surface area contributed by atoms with Crippen molar-refractivity contribution in [3.05, 3.63) is 0 Å². The van der Waals surface area contributed by atoms with Crippen molar-refractivity contribution in [1.82, 2.24) is 4.90 Å². The van der Waals surface area contributed by atoms with Gasteiger partial charge in [-0.2, -0.15) is 0 Å². The molecule has 0 aliphatic rings. The lowest BCUT2D eigenvalue weighted by Crippen LogP contribution is -2.36. The number of hydrogen-bond donors (Lipinski definition) is 1. The normalized spacial score (nSPS) is 13.4. The van der Waals surface area contributed by atoms with Crippen LogP contribution in [-0.4, -0.2) is 49.5 Å². The SMILES string of the molecule is CCCCN(CCCC)C[C@@H](O)COC. The van der Waals surface area contributed by atoms with E-state index in [9.17, 15) is 5.11 Å². The van der Waals surface area contributed by atoms with Crippen LogP contribution >= 0.6 is 0 Å². The fourth-order valence-corrected chi connectivity index (χ4v) is 1.60. The molecule has 1 atom stereocenters. The molecular formula is C12H27NO2. The van der Waals surface area contributed by atoms with E-state index in [-0.39, 0.29) is 6.10 Å². The molecule has 0 saturated heterocycles. The second kappa shape index (κ2) is 10.4. The first-order valence-corrected chi connectivity index (χ1v) is 6.13. The van der Waals surface area contributed by atoms with Gasteiger partial charge >= 0.3 is 0 Å². The quantitative estimate of drug-likeness (QED) is 0.606. The minimum atomic E-state index is -0.344. The van der Waals surface area contributed by atoms with Crippen LogP contribution in [-0.2, 0) is 4.74 Å². The fraction of sp³-hybridized carbons (Fsp3) is 1.00. The summed E-state index contributed by atoms with van der Waals surface area (Å²) in [5.74, 6) is 0. The second-order valence-electron chi connectivity index (χ2n) is 4.12. The van der Waals surface area contributed by atoms with Gasteiger partial charge in [0.25, 0.3) is 0 Å². The summed E-state index contributed by atoms with van der Waals surface area (Å²) in [6.45, 7) is 7.77. The first-order chi connectivity index (χ1) is 7.24. The highest BCUT2D eigenvalue weighted by molar-refractivity contribution is 4.64. The summed E-state index contributed by atoms with van der Waals surface area (Å²) in [7, 11) is 1.63. The zero-order chi connectivity index (χ0) is 11.5. The molecule has 0 aromatic heterocycles. The molecule has 0 amide bonds. The van der Waals surface area contributed by atoms with E-state index in [1.807, 2.05) is 0 Å². The van der Waals surface area contributed by atoms with Crippen LogP contribution in [0.5, 0.6) is 0 Å². The molecule has 0 saturated carbocycles. The molecule has 0 aromatic rings. The maximum atomic E-state index is 9.65. The predicted octanol–water partition coefficient (Wildman–Crippen LogP) is 1.90. The Bertz CT molecular complexity index is 123. The van der Waals surface area contributed by atoms with E-state index in [0.717, 1.165) is 19.6 Å². The predicted molar refractivity (Wildman–Crippen MR) is 64.1 cm³/mol. The molecule has 0 rings (SSSR count). The fourth-order valence-electron chi connectivity index (χ4n) is 1.60. The molecule has 0 aliphatic carbocycles. The van der Waals surface area contributed by atoms with Gasteiger partial charge in [-0.3, -0.25) is 0 Å². The van der Waals surface area contributed by atoms with Crippen molar-refractivity contribution in [1.29, 1.82) is 0 Å². The monoisotopic (exact) mass is 217 g/mol. The number of aliphatic hydroxyl groups is 1. The van der Waals surface area contributed by atoms with Crippen molar-refractivity contribution in [2.45, 2.75) is 45.6 Å². The Labute approximate surface area is 94.4 Å². The van der Waals surface area contributed by atoms with Crippen LogP contribution in [0.2, 0.25) is 0 Å². The third-order valence-corrected chi connectivity index (χ3v) is 2.48. The smallest absolute Gasteiger partial charge is 0.0900 e. The standard InChI is InChI=1S/C12H27NO2/c1-4-6-8-13(9-7-5-2)10-12(14)11-15-3/h12,14H,4-11H2,1-3H3/t12-/m1/s1. The molecule has 0 radical (unpaired) electrons. The summed E-state index contributed by atoms with van der Waals surface area (Å²) < 4.78 is 4.94. The molecule has 3 heteroatoms. The summed E-state index contributed by atoms with van der Waals surface area (Å²) in [6, 6.07) is 0. The van der Waals surface area contributed by atoms with Gasteiger partial charge in [0.15, 0.2) is 0 Å². The number of hydrogen-bond acceptors (Lipinski definition) is 3. The molecule has 0 fully saturated rings. The van der Waals surface area contributed by atoms with E-state index in [1.54, 1.807) is 7.11 Å². The number of aliphatic hydroxyl groups excluding tert-OH is 1. The average molecular weight is 217 g/mol. The van der Waals surface area contributed by atoms with Gasteiger partial charge in [0.05, 0.1) is 12.7 Å². The van der Waals surface area contributed by atoms with Crippen LogP contribution in [0.1, 0.15) is 39.5 Å². The van der Waals surface area contributed by atoms with E-state index >= 15 is 0 Å².